The molecule has 1 aliphatic heterocycles. The van der Waals surface area contributed by atoms with E-state index in [1.165, 1.54) is 6.07 Å². The van der Waals surface area contributed by atoms with E-state index in [0.29, 0.717) is 29.0 Å². The quantitative estimate of drug-likeness (QED) is 0.525. The number of alkyl halides is 3. The Kier molecular flexibility index (Phi) is 5.15. The molecule has 0 saturated carbocycles. The summed E-state index contributed by atoms with van der Waals surface area (Å²) < 4.78 is 61.6. The van der Waals surface area contributed by atoms with Crippen molar-refractivity contribution in [3.8, 4) is 28.5 Å². The molecule has 0 radical (unpaired) electrons. The van der Waals surface area contributed by atoms with Crippen molar-refractivity contribution in [2.24, 2.45) is 0 Å². The molecule has 4 rings (SSSR count). The molecule has 1 aromatic heterocycles. The number of rotatable bonds is 4. The highest BCUT2D eigenvalue weighted by Crippen LogP contribution is 2.37. The van der Waals surface area contributed by atoms with Crippen molar-refractivity contribution in [2.45, 2.75) is 38.6 Å². The summed E-state index contributed by atoms with van der Waals surface area (Å²) in [5.74, 6) is 0.306. The number of hydrogen-bond acceptors (Lipinski definition) is 4. The fraction of sp³-hybridized carbons (Fsp3) is 0.364. The topological polar surface area (TPSA) is 43.2 Å². The largest absolute Gasteiger partial charge is 0.490 e. The molecule has 0 saturated heterocycles. The van der Waals surface area contributed by atoms with Gasteiger partial charge in [0.15, 0.2) is 11.6 Å². The lowest BCUT2D eigenvalue weighted by Gasteiger charge is -2.17. The highest BCUT2D eigenvalue weighted by molar-refractivity contribution is 5.66. The highest BCUT2D eigenvalue weighted by atomic mass is 19.4. The molecule has 0 spiro atoms. The minimum Gasteiger partial charge on any atom is -0.490 e. The molecule has 0 fully saturated rings. The van der Waals surface area contributed by atoms with Gasteiger partial charge in [-0.05, 0) is 55.8 Å². The minimum absolute atomic E-state index is 0.00552. The van der Waals surface area contributed by atoms with Crippen LogP contribution in [0.4, 0.5) is 23.2 Å². The minimum atomic E-state index is -4.52. The second-order valence-corrected chi connectivity index (χ2v) is 7.94. The molecular weight excluding hydrogens is 412 g/mol. The molecule has 0 bridgehead atoms. The summed E-state index contributed by atoms with van der Waals surface area (Å²) in [7, 11) is 3.40. The van der Waals surface area contributed by atoms with Gasteiger partial charge in [0, 0.05) is 31.6 Å². The second-order valence-electron chi connectivity index (χ2n) is 7.94. The van der Waals surface area contributed by atoms with Crippen molar-refractivity contribution in [1.82, 2.24) is 14.8 Å². The summed E-state index contributed by atoms with van der Waals surface area (Å²) in [5.41, 5.74) is 2.06. The van der Waals surface area contributed by atoms with Gasteiger partial charge in [0.1, 0.15) is 23.7 Å². The number of anilines is 1. The molecule has 2 aromatic carbocycles. The SMILES string of the molecule is CC1Cc2cc(-c3nc(-c4ccc(N(C)C)c(F)c4)nn3C(C)C(F)(F)F)ccc2O1. The molecule has 2 unspecified atom stereocenters. The molecule has 5 nitrogen and oxygen atoms in total. The van der Waals surface area contributed by atoms with Gasteiger partial charge in [-0.2, -0.15) is 13.2 Å². The molecule has 0 N–H and O–H groups in total. The standard InChI is InChI=1S/C22H22F4N4O/c1-12-9-16-10-15(6-8-19(16)31-12)21-27-20(28-30(21)13(2)22(24,25)26)14-5-7-18(29(3)4)17(23)11-14/h5-8,10-13H,9H2,1-4H3. The first-order valence-electron chi connectivity index (χ1n) is 9.85. The molecule has 0 amide bonds. The Morgan fingerprint density at radius 3 is 2.48 bits per heavy atom. The molecule has 164 valence electrons. The van der Waals surface area contributed by atoms with Crippen LogP contribution in [0.25, 0.3) is 22.8 Å². The van der Waals surface area contributed by atoms with Gasteiger partial charge in [0.2, 0.25) is 0 Å². The molecular formula is C22H22F4N4O. The number of hydrogen-bond donors (Lipinski definition) is 0. The first-order chi connectivity index (χ1) is 14.5. The van der Waals surface area contributed by atoms with Crippen LogP contribution in [0.1, 0.15) is 25.5 Å². The Balaban J connectivity index is 1.83. The van der Waals surface area contributed by atoms with Gasteiger partial charge in [0.25, 0.3) is 0 Å². The lowest BCUT2D eigenvalue weighted by atomic mass is 10.1. The fourth-order valence-corrected chi connectivity index (χ4v) is 3.62. The Hall–Kier alpha value is -3.10. The molecule has 9 heteroatoms. The van der Waals surface area contributed by atoms with Crippen LogP contribution in [0, 0.1) is 5.82 Å². The third-order valence-corrected chi connectivity index (χ3v) is 5.31. The van der Waals surface area contributed by atoms with E-state index in [0.717, 1.165) is 17.2 Å². The summed E-state index contributed by atoms with van der Waals surface area (Å²) >= 11 is 0. The molecule has 2 heterocycles. The van der Waals surface area contributed by atoms with Crippen molar-refractivity contribution >= 4 is 5.69 Å². The van der Waals surface area contributed by atoms with E-state index in [4.69, 9.17) is 4.74 Å². The van der Waals surface area contributed by atoms with Crippen molar-refractivity contribution in [3.63, 3.8) is 0 Å². The van der Waals surface area contributed by atoms with Crippen LogP contribution in [0.5, 0.6) is 5.75 Å². The van der Waals surface area contributed by atoms with Crippen LogP contribution in [0.2, 0.25) is 0 Å². The maximum absolute atomic E-state index is 14.5. The monoisotopic (exact) mass is 434 g/mol. The van der Waals surface area contributed by atoms with Gasteiger partial charge < -0.3 is 9.64 Å². The van der Waals surface area contributed by atoms with Crippen molar-refractivity contribution in [2.75, 3.05) is 19.0 Å². The third kappa shape index (κ3) is 3.96. The van der Waals surface area contributed by atoms with Crippen LogP contribution in [0.3, 0.4) is 0 Å². The van der Waals surface area contributed by atoms with E-state index < -0.39 is 18.0 Å². The summed E-state index contributed by atoms with van der Waals surface area (Å²) in [6.45, 7) is 2.95. The van der Waals surface area contributed by atoms with Crippen LogP contribution in [-0.2, 0) is 6.42 Å². The lowest BCUT2D eigenvalue weighted by Crippen LogP contribution is -2.25. The second kappa shape index (κ2) is 7.55. The molecule has 0 aliphatic carbocycles. The van der Waals surface area contributed by atoms with E-state index >= 15 is 0 Å². The normalized spacial score (nSPS) is 16.7. The first-order valence-corrected chi connectivity index (χ1v) is 9.85. The van der Waals surface area contributed by atoms with E-state index in [-0.39, 0.29) is 17.8 Å². The third-order valence-electron chi connectivity index (χ3n) is 5.31. The smallest absolute Gasteiger partial charge is 0.410 e. The van der Waals surface area contributed by atoms with E-state index in [1.807, 2.05) is 6.92 Å². The van der Waals surface area contributed by atoms with Crippen LogP contribution < -0.4 is 9.64 Å². The van der Waals surface area contributed by atoms with Gasteiger partial charge in [-0.1, -0.05) is 0 Å². The van der Waals surface area contributed by atoms with Crippen LogP contribution in [-0.4, -0.2) is 41.1 Å². The summed E-state index contributed by atoms with van der Waals surface area (Å²) in [6, 6.07) is 7.65. The van der Waals surface area contributed by atoms with Gasteiger partial charge in [-0.3, -0.25) is 0 Å². The number of nitrogens with zero attached hydrogens (tertiary/aromatic N) is 4. The Morgan fingerprint density at radius 2 is 1.84 bits per heavy atom. The zero-order valence-electron chi connectivity index (χ0n) is 17.5. The number of halogens is 4. The molecule has 3 aromatic rings. The Bertz CT molecular complexity index is 1120. The van der Waals surface area contributed by atoms with Gasteiger partial charge in [-0.25, -0.2) is 14.1 Å². The highest BCUT2D eigenvalue weighted by Gasteiger charge is 2.40. The van der Waals surface area contributed by atoms with E-state index in [2.05, 4.69) is 10.1 Å². The predicted molar refractivity (Wildman–Crippen MR) is 110 cm³/mol. The number of benzene rings is 2. The summed E-state index contributed by atoms with van der Waals surface area (Å²) in [6.07, 6.45) is -3.85. The first kappa shape index (κ1) is 21.1. The van der Waals surface area contributed by atoms with Gasteiger partial charge in [-0.15, -0.1) is 5.10 Å². The van der Waals surface area contributed by atoms with Crippen molar-refractivity contribution in [1.29, 1.82) is 0 Å². The summed E-state index contributed by atoms with van der Waals surface area (Å²) in [4.78, 5) is 5.98. The maximum Gasteiger partial charge on any atom is 0.410 e. The zero-order chi connectivity index (χ0) is 22.5. The number of aromatic nitrogens is 3. The van der Waals surface area contributed by atoms with Crippen LogP contribution >= 0.6 is 0 Å². The van der Waals surface area contributed by atoms with Crippen molar-refractivity contribution < 1.29 is 22.3 Å². The maximum atomic E-state index is 14.5. The number of fused-ring (bicyclic) bond motifs is 1. The predicted octanol–water partition coefficient (Wildman–Crippen LogP) is 5.26. The van der Waals surface area contributed by atoms with Crippen LogP contribution in [0.15, 0.2) is 36.4 Å². The van der Waals surface area contributed by atoms with Crippen molar-refractivity contribution in [3.05, 3.63) is 47.8 Å². The van der Waals surface area contributed by atoms with E-state index in [9.17, 15) is 17.6 Å². The number of ether oxygens (including phenoxy) is 1. The average molecular weight is 434 g/mol. The molecule has 1 aliphatic rings. The molecule has 31 heavy (non-hydrogen) atoms. The summed E-state index contributed by atoms with van der Waals surface area (Å²) in [5, 5.41) is 4.12. The zero-order valence-corrected chi connectivity index (χ0v) is 17.5. The Morgan fingerprint density at radius 1 is 1.13 bits per heavy atom. The average Bonchev–Trinajstić information content (AvgIpc) is 3.28. The van der Waals surface area contributed by atoms with Gasteiger partial charge in [0.05, 0.1) is 5.69 Å². The van der Waals surface area contributed by atoms with Gasteiger partial charge >= 0.3 is 6.18 Å². The lowest BCUT2D eigenvalue weighted by molar-refractivity contribution is -0.165. The Labute approximate surface area is 177 Å². The van der Waals surface area contributed by atoms with E-state index in [1.54, 1.807) is 49.3 Å². The molecule has 2 atom stereocenters. The fourth-order valence-electron chi connectivity index (χ4n) is 3.62.